The molecule has 3 rings (SSSR count). The Morgan fingerprint density at radius 3 is 2.81 bits per heavy atom. The summed E-state index contributed by atoms with van der Waals surface area (Å²) in [5, 5.41) is 8.15. The van der Waals surface area contributed by atoms with Gasteiger partial charge in [-0.25, -0.2) is 0 Å². The summed E-state index contributed by atoms with van der Waals surface area (Å²) in [5.41, 5.74) is 0.310. The van der Waals surface area contributed by atoms with Crippen LogP contribution in [0.4, 0.5) is 0 Å². The number of esters is 1. The molecule has 0 aromatic carbocycles. The van der Waals surface area contributed by atoms with Crippen LogP contribution in [0.1, 0.15) is 43.1 Å². The van der Waals surface area contributed by atoms with Crippen LogP contribution >= 0.6 is 0 Å². The number of amides is 1. The molecule has 2 fully saturated rings. The number of carbonyl (C=O) groups is 2. The monoisotopic (exact) mass is 379 g/mol. The second-order valence-corrected chi connectivity index (χ2v) is 7.01. The van der Waals surface area contributed by atoms with Crippen LogP contribution in [-0.4, -0.2) is 88.7 Å². The van der Waals surface area contributed by atoms with Crippen LogP contribution in [0.2, 0.25) is 0 Å². The van der Waals surface area contributed by atoms with Crippen molar-refractivity contribution < 1.29 is 19.1 Å². The number of hydrogen-bond donors (Lipinski definition) is 0. The first kappa shape index (κ1) is 19.8. The third-order valence-corrected chi connectivity index (χ3v) is 5.05. The standard InChI is InChI=1S/C18H29N5O4/c1-2-27-17(24)12-15-14-26-11-10-23(15)18(25)16-13-22(20-19-16)9-8-21-6-4-3-5-7-21/h13,15H,2-12,14H2,1H3/t15-/m1/s1. The zero-order valence-corrected chi connectivity index (χ0v) is 16.0. The van der Waals surface area contributed by atoms with Crippen LogP contribution in [0, 0.1) is 0 Å². The van der Waals surface area contributed by atoms with Crippen LogP contribution < -0.4 is 0 Å². The van der Waals surface area contributed by atoms with Crippen molar-refractivity contribution in [3.8, 4) is 0 Å². The molecular formula is C18H29N5O4. The minimum absolute atomic E-state index is 0.128. The van der Waals surface area contributed by atoms with Crippen molar-refractivity contribution in [3.63, 3.8) is 0 Å². The largest absolute Gasteiger partial charge is 0.466 e. The summed E-state index contributed by atoms with van der Waals surface area (Å²) >= 11 is 0. The Bertz CT molecular complexity index is 629. The van der Waals surface area contributed by atoms with E-state index in [0.717, 1.165) is 26.2 Å². The molecule has 1 aromatic rings. The van der Waals surface area contributed by atoms with Crippen molar-refractivity contribution in [3.05, 3.63) is 11.9 Å². The molecule has 0 radical (unpaired) electrons. The molecular weight excluding hydrogens is 350 g/mol. The molecule has 0 aliphatic carbocycles. The molecule has 2 aliphatic heterocycles. The highest BCUT2D eigenvalue weighted by molar-refractivity contribution is 5.92. The molecule has 2 saturated heterocycles. The zero-order chi connectivity index (χ0) is 19.1. The fourth-order valence-electron chi connectivity index (χ4n) is 3.58. The fourth-order valence-corrected chi connectivity index (χ4v) is 3.58. The van der Waals surface area contributed by atoms with Crippen molar-refractivity contribution in [1.29, 1.82) is 0 Å². The molecule has 0 spiro atoms. The highest BCUT2D eigenvalue weighted by Crippen LogP contribution is 2.15. The van der Waals surface area contributed by atoms with Gasteiger partial charge in [0.15, 0.2) is 5.69 Å². The minimum Gasteiger partial charge on any atom is -0.466 e. The molecule has 0 bridgehead atoms. The number of likely N-dealkylation sites (tertiary alicyclic amines) is 1. The molecule has 27 heavy (non-hydrogen) atoms. The number of carbonyl (C=O) groups excluding carboxylic acids is 2. The Morgan fingerprint density at radius 2 is 2.04 bits per heavy atom. The Balaban J connectivity index is 1.56. The number of ether oxygens (including phenoxy) is 2. The average Bonchev–Trinajstić information content (AvgIpc) is 3.16. The van der Waals surface area contributed by atoms with E-state index < -0.39 is 0 Å². The lowest BCUT2D eigenvalue weighted by Crippen LogP contribution is -2.49. The molecule has 1 atom stereocenters. The van der Waals surface area contributed by atoms with Crippen LogP contribution in [0.25, 0.3) is 0 Å². The molecule has 0 unspecified atom stereocenters. The van der Waals surface area contributed by atoms with Gasteiger partial charge in [-0.05, 0) is 32.9 Å². The van der Waals surface area contributed by atoms with E-state index in [-0.39, 0.29) is 24.3 Å². The van der Waals surface area contributed by atoms with Gasteiger partial charge in [0.2, 0.25) is 0 Å². The van der Waals surface area contributed by atoms with Crippen molar-refractivity contribution in [2.45, 2.75) is 45.2 Å². The average molecular weight is 379 g/mol. The van der Waals surface area contributed by atoms with Crippen molar-refractivity contribution >= 4 is 11.9 Å². The third-order valence-electron chi connectivity index (χ3n) is 5.05. The smallest absolute Gasteiger partial charge is 0.307 e. The van der Waals surface area contributed by atoms with Crippen LogP contribution in [-0.2, 0) is 20.8 Å². The van der Waals surface area contributed by atoms with Gasteiger partial charge in [0.25, 0.3) is 5.91 Å². The van der Waals surface area contributed by atoms with Crippen LogP contribution in [0.3, 0.4) is 0 Å². The predicted octanol–water partition coefficient (Wildman–Crippen LogP) is 0.558. The summed E-state index contributed by atoms with van der Waals surface area (Å²) in [6.45, 7) is 7.20. The van der Waals surface area contributed by atoms with Gasteiger partial charge in [0.05, 0.1) is 45.0 Å². The Kier molecular flexibility index (Phi) is 7.17. The van der Waals surface area contributed by atoms with Gasteiger partial charge < -0.3 is 19.3 Å². The highest BCUT2D eigenvalue weighted by atomic mass is 16.5. The van der Waals surface area contributed by atoms with Gasteiger partial charge >= 0.3 is 5.97 Å². The summed E-state index contributed by atoms with van der Waals surface area (Å²) in [4.78, 5) is 28.7. The van der Waals surface area contributed by atoms with E-state index in [2.05, 4.69) is 15.2 Å². The first-order valence-corrected chi connectivity index (χ1v) is 9.84. The van der Waals surface area contributed by atoms with Crippen LogP contribution in [0.15, 0.2) is 6.20 Å². The van der Waals surface area contributed by atoms with E-state index in [1.54, 1.807) is 22.7 Å². The quantitative estimate of drug-likeness (QED) is 0.639. The zero-order valence-electron chi connectivity index (χ0n) is 16.0. The SMILES string of the molecule is CCOC(=O)C[C@@H]1COCCN1C(=O)c1cn(CCN2CCCCC2)nn1. The first-order chi connectivity index (χ1) is 13.2. The van der Waals surface area contributed by atoms with Crippen LogP contribution in [0.5, 0.6) is 0 Å². The molecule has 3 heterocycles. The number of morpholine rings is 1. The van der Waals surface area contributed by atoms with Gasteiger partial charge in [-0.3, -0.25) is 14.3 Å². The van der Waals surface area contributed by atoms with E-state index in [4.69, 9.17) is 9.47 Å². The van der Waals surface area contributed by atoms with Crippen molar-refractivity contribution in [1.82, 2.24) is 24.8 Å². The van der Waals surface area contributed by atoms with E-state index in [1.807, 2.05) is 0 Å². The summed E-state index contributed by atoms with van der Waals surface area (Å²) in [7, 11) is 0. The highest BCUT2D eigenvalue weighted by Gasteiger charge is 2.31. The molecule has 1 aromatic heterocycles. The maximum Gasteiger partial charge on any atom is 0.307 e. The second-order valence-electron chi connectivity index (χ2n) is 7.01. The van der Waals surface area contributed by atoms with E-state index in [1.165, 1.54) is 19.3 Å². The lowest BCUT2D eigenvalue weighted by atomic mass is 10.1. The lowest BCUT2D eigenvalue weighted by molar-refractivity contribution is -0.145. The van der Waals surface area contributed by atoms with Gasteiger partial charge in [0, 0.05) is 13.1 Å². The van der Waals surface area contributed by atoms with Gasteiger partial charge in [-0.2, -0.15) is 0 Å². The molecule has 2 aliphatic rings. The summed E-state index contributed by atoms with van der Waals surface area (Å²) in [6.07, 6.45) is 5.64. The van der Waals surface area contributed by atoms with Gasteiger partial charge in [0.1, 0.15) is 0 Å². The Labute approximate surface area is 159 Å². The topological polar surface area (TPSA) is 89.8 Å². The molecule has 9 nitrogen and oxygen atoms in total. The fraction of sp³-hybridized carbons (Fsp3) is 0.778. The van der Waals surface area contributed by atoms with E-state index in [9.17, 15) is 9.59 Å². The minimum atomic E-state index is -0.330. The summed E-state index contributed by atoms with van der Waals surface area (Å²) < 4.78 is 12.2. The van der Waals surface area contributed by atoms with E-state index in [0.29, 0.717) is 32.1 Å². The number of nitrogens with zero attached hydrogens (tertiary/aromatic N) is 5. The third kappa shape index (κ3) is 5.49. The number of piperidine rings is 1. The Morgan fingerprint density at radius 1 is 1.22 bits per heavy atom. The summed E-state index contributed by atoms with van der Waals surface area (Å²) in [6, 6.07) is -0.330. The number of aromatic nitrogens is 3. The molecule has 9 heteroatoms. The molecule has 150 valence electrons. The second kappa shape index (κ2) is 9.80. The maximum atomic E-state index is 12.9. The molecule has 0 saturated carbocycles. The van der Waals surface area contributed by atoms with Gasteiger partial charge in [-0.15, -0.1) is 5.10 Å². The molecule has 1 amide bonds. The Hall–Kier alpha value is -2.00. The predicted molar refractivity (Wildman–Crippen MR) is 97.2 cm³/mol. The lowest BCUT2D eigenvalue weighted by Gasteiger charge is -2.34. The normalized spacial score (nSPS) is 21.2. The summed E-state index contributed by atoms with van der Waals surface area (Å²) in [5.74, 6) is -0.534. The van der Waals surface area contributed by atoms with Gasteiger partial charge in [-0.1, -0.05) is 11.6 Å². The number of hydrogen-bond acceptors (Lipinski definition) is 7. The van der Waals surface area contributed by atoms with Crippen molar-refractivity contribution in [2.75, 3.05) is 46.0 Å². The van der Waals surface area contributed by atoms with E-state index >= 15 is 0 Å². The maximum absolute atomic E-state index is 12.9. The van der Waals surface area contributed by atoms with Crippen molar-refractivity contribution in [2.24, 2.45) is 0 Å². The first-order valence-electron chi connectivity index (χ1n) is 9.84. The number of rotatable bonds is 7. The molecule has 0 N–H and O–H groups in total.